The molecule has 0 bridgehead atoms. The molecule has 6 heteroatoms. The first-order valence-corrected chi connectivity index (χ1v) is 8.76. The summed E-state index contributed by atoms with van der Waals surface area (Å²) in [6.45, 7) is 2.15. The molecule has 0 radical (unpaired) electrons. The van der Waals surface area contributed by atoms with E-state index < -0.39 is 5.92 Å². The van der Waals surface area contributed by atoms with Gasteiger partial charge in [-0.2, -0.15) is 0 Å². The second-order valence-corrected chi connectivity index (χ2v) is 6.72. The van der Waals surface area contributed by atoms with Crippen molar-refractivity contribution in [3.05, 3.63) is 64.7 Å². The third kappa shape index (κ3) is 3.94. The summed E-state index contributed by atoms with van der Waals surface area (Å²) in [5.74, 6) is -0.696. The van der Waals surface area contributed by atoms with Gasteiger partial charge >= 0.3 is 0 Å². The number of nitrogens with zero attached hydrogens (tertiary/aromatic N) is 1. The zero-order valence-electron chi connectivity index (χ0n) is 14.4. The lowest BCUT2D eigenvalue weighted by molar-refractivity contribution is -0.126. The van der Waals surface area contributed by atoms with Crippen molar-refractivity contribution in [2.24, 2.45) is 5.92 Å². The standard InChI is InChI=1S/C20H19ClN2O3/c1-13(24)14-6-8-17(9-7-14)23-12-16(10-19(23)25)20(26)22-11-15-4-2-3-5-18(15)21/h2-9,16H,10-12H2,1H3,(H,22,26). The van der Waals surface area contributed by atoms with Crippen molar-refractivity contribution < 1.29 is 14.4 Å². The predicted octanol–water partition coefficient (Wildman–Crippen LogP) is 3.21. The van der Waals surface area contributed by atoms with E-state index in [1.807, 2.05) is 18.2 Å². The van der Waals surface area contributed by atoms with Crippen LogP contribution in [0.15, 0.2) is 48.5 Å². The van der Waals surface area contributed by atoms with Gasteiger partial charge in [0.1, 0.15) is 0 Å². The lowest BCUT2D eigenvalue weighted by atomic mass is 10.1. The fraction of sp³-hybridized carbons (Fsp3) is 0.250. The Morgan fingerprint density at radius 3 is 2.50 bits per heavy atom. The molecule has 0 saturated carbocycles. The van der Waals surface area contributed by atoms with Gasteiger partial charge in [-0.3, -0.25) is 14.4 Å². The summed E-state index contributed by atoms with van der Waals surface area (Å²) in [4.78, 5) is 37.7. The number of nitrogens with one attached hydrogen (secondary N) is 1. The van der Waals surface area contributed by atoms with E-state index in [1.54, 1.807) is 35.2 Å². The highest BCUT2D eigenvalue weighted by molar-refractivity contribution is 6.31. The van der Waals surface area contributed by atoms with Gasteiger partial charge in [-0.15, -0.1) is 0 Å². The molecule has 1 atom stereocenters. The first-order valence-electron chi connectivity index (χ1n) is 8.38. The second-order valence-electron chi connectivity index (χ2n) is 6.32. The summed E-state index contributed by atoms with van der Waals surface area (Å²) >= 11 is 6.09. The molecule has 0 spiro atoms. The maximum atomic E-state index is 12.4. The number of hydrogen-bond acceptors (Lipinski definition) is 3. The van der Waals surface area contributed by atoms with E-state index in [9.17, 15) is 14.4 Å². The molecule has 0 aliphatic carbocycles. The summed E-state index contributed by atoms with van der Waals surface area (Å²) in [5.41, 5.74) is 2.12. The summed E-state index contributed by atoms with van der Waals surface area (Å²) in [5, 5.41) is 3.45. The Kier molecular flexibility index (Phi) is 5.38. The van der Waals surface area contributed by atoms with E-state index in [4.69, 9.17) is 11.6 Å². The Bertz CT molecular complexity index is 848. The fourth-order valence-corrected chi connectivity index (χ4v) is 3.18. The summed E-state index contributed by atoms with van der Waals surface area (Å²) in [6.07, 6.45) is 0.169. The van der Waals surface area contributed by atoms with Gasteiger partial charge in [0.25, 0.3) is 0 Å². The van der Waals surface area contributed by atoms with E-state index in [1.165, 1.54) is 6.92 Å². The third-order valence-corrected chi connectivity index (χ3v) is 4.86. The SMILES string of the molecule is CC(=O)c1ccc(N2CC(C(=O)NCc3ccccc3Cl)CC2=O)cc1. The molecule has 1 N–H and O–H groups in total. The molecular formula is C20H19ClN2O3. The fourth-order valence-electron chi connectivity index (χ4n) is 2.98. The molecule has 2 aromatic carbocycles. The Morgan fingerprint density at radius 2 is 1.85 bits per heavy atom. The smallest absolute Gasteiger partial charge is 0.227 e. The molecule has 5 nitrogen and oxygen atoms in total. The highest BCUT2D eigenvalue weighted by Gasteiger charge is 2.35. The monoisotopic (exact) mass is 370 g/mol. The van der Waals surface area contributed by atoms with Crippen molar-refractivity contribution >= 4 is 34.9 Å². The van der Waals surface area contributed by atoms with Crippen LogP contribution in [0, 0.1) is 5.92 Å². The quantitative estimate of drug-likeness (QED) is 0.822. The van der Waals surface area contributed by atoms with Gasteiger partial charge in [0.15, 0.2) is 5.78 Å². The van der Waals surface area contributed by atoms with Gasteiger partial charge < -0.3 is 10.2 Å². The first-order chi connectivity index (χ1) is 12.5. The topological polar surface area (TPSA) is 66.5 Å². The number of rotatable bonds is 5. The highest BCUT2D eigenvalue weighted by atomic mass is 35.5. The molecule has 134 valence electrons. The average Bonchev–Trinajstić information content (AvgIpc) is 3.02. The van der Waals surface area contributed by atoms with E-state index in [2.05, 4.69) is 5.32 Å². The highest BCUT2D eigenvalue weighted by Crippen LogP contribution is 2.26. The molecular weight excluding hydrogens is 352 g/mol. The third-order valence-electron chi connectivity index (χ3n) is 4.49. The Labute approximate surface area is 156 Å². The van der Waals surface area contributed by atoms with Crippen LogP contribution in [0.25, 0.3) is 0 Å². The van der Waals surface area contributed by atoms with E-state index in [0.29, 0.717) is 29.4 Å². The number of hydrogen-bond donors (Lipinski definition) is 1. The minimum Gasteiger partial charge on any atom is -0.352 e. The number of carbonyl (C=O) groups is 3. The van der Waals surface area contributed by atoms with Crippen molar-refractivity contribution in [1.82, 2.24) is 5.32 Å². The van der Waals surface area contributed by atoms with Crippen LogP contribution in [0.3, 0.4) is 0 Å². The van der Waals surface area contributed by atoms with Crippen LogP contribution in [0.4, 0.5) is 5.69 Å². The lowest BCUT2D eigenvalue weighted by Gasteiger charge is -2.17. The molecule has 1 aliphatic heterocycles. The van der Waals surface area contributed by atoms with Crippen molar-refractivity contribution in [3.8, 4) is 0 Å². The molecule has 1 fully saturated rings. The number of halogens is 1. The number of amides is 2. The van der Waals surface area contributed by atoms with E-state index >= 15 is 0 Å². The molecule has 2 amide bonds. The number of carbonyl (C=O) groups excluding carboxylic acids is 3. The zero-order valence-corrected chi connectivity index (χ0v) is 15.1. The van der Waals surface area contributed by atoms with Crippen LogP contribution < -0.4 is 10.2 Å². The van der Waals surface area contributed by atoms with Crippen molar-refractivity contribution in [1.29, 1.82) is 0 Å². The summed E-state index contributed by atoms with van der Waals surface area (Å²) in [6, 6.07) is 14.2. The van der Waals surface area contributed by atoms with Crippen LogP contribution in [-0.2, 0) is 16.1 Å². The van der Waals surface area contributed by atoms with Crippen LogP contribution in [0.5, 0.6) is 0 Å². The van der Waals surface area contributed by atoms with Crippen LogP contribution >= 0.6 is 11.6 Å². The van der Waals surface area contributed by atoms with Gasteiger partial charge in [-0.25, -0.2) is 0 Å². The summed E-state index contributed by atoms with van der Waals surface area (Å²) in [7, 11) is 0. The molecule has 1 heterocycles. The van der Waals surface area contributed by atoms with E-state index in [0.717, 1.165) is 5.56 Å². The minimum absolute atomic E-state index is 0.0267. The molecule has 3 rings (SSSR count). The number of ketones is 1. The largest absolute Gasteiger partial charge is 0.352 e. The summed E-state index contributed by atoms with van der Waals surface area (Å²) < 4.78 is 0. The number of benzene rings is 2. The molecule has 1 unspecified atom stereocenters. The normalized spacial score (nSPS) is 16.6. The minimum atomic E-state index is -0.405. The van der Waals surface area contributed by atoms with Crippen LogP contribution in [0.1, 0.15) is 29.3 Å². The second kappa shape index (κ2) is 7.70. The van der Waals surface area contributed by atoms with Crippen LogP contribution in [0.2, 0.25) is 5.02 Å². The van der Waals surface area contributed by atoms with Crippen LogP contribution in [-0.4, -0.2) is 24.1 Å². The number of Topliss-reactive ketones (excluding diaryl/α,β-unsaturated/α-hetero) is 1. The molecule has 26 heavy (non-hydrogen) atoms. The van der Waals surface area contributed by atoms with Crippen molar-refractivity contribution in [2.45, 2.75) is 19.9 Å². The Morgan fingerprint density at radius 1 is 1.15 bits per heavy atom. The van der Waals surface area contributed by atoms with E-state index in [-0.39, 0.29) is 24.0 Å². The van der Waals surface area contributed by atoms with Crippen molar-refractivity contribution in [3.63, 3.8) is 0 Å². The Hall–Kier alpha value is -2.66. The lowest BCUT2D eigenvalue weighted by Crippen LogP contribution is -2.32. The maximum absolute atomic E-state index is 12.4. The van der Waals surface area contributed by atoms with Gasteiger partial charge in [0.2, 0.25) is 11.8 Å². The van der Waals surface area contributed by atoms with Gasteiger partial charge in [0.05, 0.1) is 5.92 Å². The predicted molar refractivity (Wildman–Crippen MR) is 100 cm³/mol. The van der Waals surface area contributed by atoms with Crippen molar-refractivity contribution in [2.75, 3.05) is 11.4 Å². The molecule has 2 aromatic rings. The molecule has 0 aromatic heterocycles. The molecule has 1 saturated heterocycles. The van der Waals surface area contributed by atoms with Gasteiger partial charge in [-0.05, 0) is 42.8 Å². The first kappa shape index (κ1) is 18.1. The zero-order chi connectivity index (χ0) is 18.7. The Balaban J connectivity index is 1.62. The maximum Gasteiger partial charge on any atom is 0.227 e. The average molecular weight is 371 g/mol. The molecule has 1 aliphatic rings. The van der Waals surface area contributed by atoms with Gasteiger partial charge in [0, 0.05) is 35.8 Å². The number of anilines is 1. The van der Waals surface area contributed by atoms with Gasteiger partial charge in [-0.1, -0.05) is 29.8 Å².